The number of carbonyl (C=O) groups is 1. The van der Waals surface area contributed by atoms with E-state index in [0.717, 1.165) is 35.7 Å². The van der Waals surface area contributed by atoms with Gasteiger partial charge in [-0.25, -0.2) is 0 Å². The van der Waals surface area contributed by atoms with Gasteiger partial charge < -0.3 is 24.4 Å². The normalized spacial score (nSPS) is 17.4. The first-order valence-electron chi connectivity index (χ1n) is 12.1. The van der Waals surface area contributed by atoms with Crippen molar-refractivity contribution in [3.8, 4) is 11.5 Å². The number of anilines is 2. The Bertz CT molecular complexity index is 1200. The molecule has 0 bridgehead atoms. The number of rotatable bonds is 6. The van der Waals surface area contributed by atoms with Crippen molar-refractivity contribution >= 4 is 29.0 Å². The number of carbonyl (C=O) groups excluding carboxylic acids is 1. The van der Waals surface area contributed by atoms with Crippen LogP contribution in [-0.2, 0) is 14.9 Å². The first-order chi connectivity index (χ1) is 17.2. The van der Waals surface area contributed by atoms with Gasteiger partial charge in [0.1, 0.15) is 0 Å². The van der Waals surface area contributed by atoms with E-state index in [1.54, 1.807) is 11.8 Å². The number of nitrogens with one attached hydrogen (secondary N) is 1. The van der Waals surface area contributed by atoms with Crippen molar-refractivity contribution in [1.82, 2.24) is 5.32 Å². The van der Waals surface area contributed by atoms with Crippen LogP contribution in [0.5, 0.6) is 11.5 Å². The molecule has 35 heavy (non-hydrogen) atoms. The number of ether oxygens (including phenoxy) is 3. The highest BCUT2D eigenvalue weighted by atomic mass is 32.2. The summed E-state index contributed by atoms with van der Waals surface area (Å²) in [4.78, 5) is 17.8. The van der Waals surface area contributed by atoms with E-state index in [-0.39, 0.29) is 18.1 Å². The third-order valence-electron chi connectivity index (χ3n) is 7.15. The first kappa shape index (κ1) is 22.3. The molecule has 1 fully saturated rings. The molecule has 3 aromatic carbocycles. The van der Waals surface area contributed by atoms with Gasteiger partial charge in [-0.05, 0) is 54.8 Å². The second-order valence-electron chi connectivity index (χ2n) is 9.18. The fourth-order valence-corrected chi connectivity index (χ4v) is 6.24. The molecule has 0 aliphatic carbocycles. The second kappa shape index (κ2) is 9.47. The van der Waals surface area contributed by atoms with Crippen LogP contribution in [0.1, 0.15) is 24.8 Å². The topological polar surface area (TPSA) is 60.0 Å². The maximum Gasteiger partial charge on any atom is 0.231 e. The number of hydrogen-bond acceptors (Lipinski definition) is 6. The Labute approximate surface area is 209 Å². The monoisotopic (exact) mass is 488 g/mol. The molecule has 0 spiro atoms. The van der Waals surface area contributed by atoms with E-state index < -0.39 is 0 Å². The van der Waals surface area contributed by atoms with Crippen molar-refractivity contribution in [3.05, 3.63) is 72.3 Å². The van der Waals surface area contributed by atoms with Crippen molar-refractivity contribution in [2.45, 2.75) is 34.5 Å². The number of nitrogens with zero attached hydrogens (tertiary/aromatic N) is 1. The van der Waals surface area contributed by atoms with E-state index in [1.807, 2.05) is 6.07 Å². The van der Waals surface area contributed by atoms with Gasteiger partial charge >= 0.3 is 0 Å². The van der Waals surface area contributed by atoms with Crippen LogP contribution in [0.4, 0.5) is 11.4 Å². The molecule has 3 heterocycles. The number of hydrogen-bond donors (Lipinski definition) is 1. The Morgan fingerprint density at radius 2 is 1.60 bits per heavy atom. The highest BCUT2D eigenvalue weighted by Crippen LogP contribution is 2.47. The summed E-state index contributed by atoms with van der Waals surface area (Å²) in [5.41, 5.74) is 3.31. The van der Waals surface area contributed by atoms with Crippen LogP contribution in [0.2, 0.25) is 0 Å². The van der Waals surface area contributed by atoms with Gasteiger partial charge in [-0.2, -0.15) is 0 Å². The predicted molar refractivity (Wildman–Crippen MR) is 136 cm³/mol. The molecule has 3 aliphatic rings. The minimum absolute atomic E-state index is 0.0600. The van der Waals surface area contributed by atoms with E-state index in [1.165, 1.54) is 15.4 Å². The zero-order chi connectivity index (χ0) is 23.7. The van der Waals surface area contributed by atoms with Gasteiger partial charge in [-0.3, -0.25) is 4.79 Å². The summed E-state index contributed by atoms with van der Waals surface area (Å²) in [6.45, 7) is 2.83. The lowest BCUT2D eigenvalue weighted by molar-refractivity contribution is -0.121. The molecule has 6 rings (SSSR count). The van der Waals surface area contributed by atoms with Gasteiger partial charge in [-0.1, -0.05) is 42.1 Å². The van der Waals surface area contributed by atoms with Gasteiger partial charge in [0.25, 0.3) is 0 Å². The summed E-state index contributed by atoms with van der Waals surface area (Å²) in [6.07, 6.45) is 2.13. The van der Waals surface area contributed by atoms with Crippen LogP contribution in [0.3, 0.4) is 0 Å². The predicted octanol–water partition coefficient (Wildman–Crippen LogP) is 5.27. The zero-order valence-electron chi connectivity index (χ0n) is 19.5. The molecule has 180 valence electrons. The number of benzene rings is 3. The fourth-order valence-electron chi connectivity index (χ4n) is 5.15. The van der Waals surface area contributed by atoms with Crippen LogP contribution in [0, 0.1) is 0 Å². The van der Waals surface area contributed by atoms with E-state index in [2.05, 4.69) is 70.9 Å². The third kappa shape index (κ3) is 4.34. The molecule has 0 aromatic heterocycles. The molecule has 1 saturated heterocycles. The molecule has 1 N–H and O–H groups in total. The van der Waals surface area contributed by atoms with Crippen LogP contribution in [0.25, 0.3) is 0 Å². The van der Waals surface area contributed by atoms with Crippen molar-refractivity contribution in [2.75, 3.05) is 38.0 Å². The molecule has 7 heteroatoms. The summed E-state index contributed by atoms with van der Waals surface area (Å²) in [7, 11) is 0. The SMILES string of the molecule is O=C(CCN1c2ccccc2Sc2ccccc21)NCC1(c2ccc3c(c2)OCO3)CCOCC1. The smallest absolute Gasteiger partial charge is 0.231 e. The van der Waals surface area contributed by atoms with Gasteiger partial charge in [0.15, 0.2) is 11.5 Å². The molecule has 3 aromatic rings. The van der Waals surface area contributed by atoms with Crippen LogP contribution in [0.15, 0.2) is 76.5 Å². The Kier molecular flexibility index (Phi) is 6.04. The summed E-state index contributed by atoms with van der Waals surface area (Å²) in [5.74, 6) is 1.62. The maximum atomic E-state index is 13.1. The second-order valence-corrected chi connectivity index (χ2v) is 10.3. The Morgan fingerprint density at radius 1 is 0.914 bits per heavy atom. The highest BCUT2D eigenvalue weighted by molar-refractivity contribution is 7.99. The minimum atomic E-state index is -0.171. The quantitative estimate of drug-likeness (QED) is 0.510. The summed E-state index contributed by atoms with van der Waals surface area (Å²) in [5, 5.41) is 3.25. The molecular weight excluding hydrogens is 460 g/mol. The third-order valence-corrected chi connectivity index (χ3v) is 8.28. The number of amides is 1. The Balaban J connectivity index is 1.16. The minimum Gasteiger partial charge on any atom is -0.454 e. The van der Waals surface area contributed by atoms with E-state index in [4.69, 9.17) is 14.2 Å². The summed E-state index contributed by atoms with van der Waals surface area (Å²) < 4.78 is 16.8. The molecule has 0 atom stereocenters. The Morgan fingerprint density at radius 3 is 2.34 bits per heavy atom. The van der Waals surface area contributed by atoms with Gasteiger partial charge in [0, 0.05) is 47.9 Å². The average molecular weight is 489 g/mol. The molecule has 0 saturated carbocycles. The maximum absolute atomic E-state index is 13.1. The van der Waals surface area contributed by atoms with Crippen LogP contribution < -0.4 is 19.7 Å². The van der Waals surface area contributed by atoms with Crippen LogP contribution >= 0.6 is 11.8 Å². The first-order valence-corrected chi connectivity index (χ1v) is 12.9. The summed E-state index contributed by atoms with van der Waals surface area (Å²) in [6, 6.07) is 22.9. The zero-order valence-corrected chi connectivity index (χ0v) is 20.3. The molecule has 3 aliphatic heterocycles. The van der Waals surface area contributed by atoms with Crippen molar-refractivity contribution in [1.29, 1.82) is 0 Å². The molecule has 0 unspecified atom stereocenters. The standard InChI is InChI=1S/C28H28N2O4S/c31-27(11-14-30-21-5-1-3-7-25(21)35-26-8-4-2-6-22(26)30)29-18-28(12-15-32-16-13-28)20-9-10-23-24(17-20)34-19-33-23/h1-10,17H,11-16,18-19H2,(H,29,31). The lowest BCUT2D eigenvalue weighted by atomic mass is 9.74. The molecule has 0 radical (unpaired) electrons. The lowest BCUT2D eigenvalue weighted by Gasteiger charge is -2.38. The van der Waals surface area contributed by atoms with E-state index >= 15 is 0 Å². The van der Waals surface area contributed by atoms with Gasteiger partial charge in [0.2, 0.25) is 12.7 Å². The largest absolute Gasteiger partial charge is 0.454 e. The molecule has 6 nitrogen and oxygen atoms in total. The molecular formula is C28H28N2O4S. The lowest BCUT2D eigenvalue weighted by Crippen LogP contribution is -2.45. The van der Waals surface area contributed by atoms with E-state index in [9.17, 15) is 4.79 Å². The van der Waals surface area contributed by atoms with Crippen LogP contribution in [-0.4, -0.2) is 39.0 Å². The van der Waals surface area contributed by atoms with Gasteiger partial charge in [-0.15, -0.1) is 0 Å². The molecule has 1 amide bonds. The fraction of sp³-hybridized carbons (Fsp3) is 0.321. The van der Waals surface area contributed by atoms with Crippen molar-refractivity contribution in [3.63, 3.8) is 0 Å². The van der Waals surface area contributed by atoms with Crippen molar-refractivity contribution in [2.24, 2.45) is 0 Å². The van der Waals surface area contributed by atoms with Crippen molar-refractivity contribution < 1.29 is 19.0 Å². The average Bonchev–Trinajstić information content (AvgIpc) is 3.38. The van der Waals surface area contributed by atoms with Gasteiger partial charge in [0.05, 0.1) is 11.4 Å². The summed E-state index contributed by atoms with van der Waals surface area (Å²) >= 11 is 1.78. The number of para-hydroxylation sites is 2. The number of fused-ring (bicyclic) bond motifs is 3. The Hall–Kier alpha value is -3.16. The van der Waals surface area contributed by atoms with E-state index in [0.29, 0.717) is 32.7 Å². The highest BCUT2D eigenvalue weighted by Gasteiger charge is 2.36.